The van der Waals surface area contributed by atoms with E-state index < -0.39 is 0 Å². The lowest BCUT2D eigenvalue weighted by Crippen LogP contribution is -2.23. The van der Waals surface area contributed by atoms with Crippen molar-refractivity contribution in [2.75, 3.05) is 13.7 Å². The van der Waals surface area contributed by atoms with Crippen LogP contribution in [0.2, 0.25) is 10.0 Å². The molecule has 0 fully saturated rings. The van der Waals surface area contributed by atoms with Crippen LogP contribution >= 0.6 is 23.2 Å². The van der Waals surface area contributed by atoms with E-state index in [1.165, 1.54) is 0 Å². The van der Waals surface area contributed by atoms with Gasteiger partial charge in [0.2, 0.25) is 0 Å². The largest absolute Gasteiger partial charge is 0.496 e. The smallest absolute Gasteiger partial charge is 0.122 e. The zero-order valence-corrected chi connectivity index (χ0v) is 13.7. The van der Waals surface area contributed by atoms with Gasteiger partial charge in [-0.05, 0) is 36.7 Å². The SMILES string of the molecule is CCNC(Cc1ccccc1OC)c1c(Cl)cccc1Cl. The molecule has 1 atom stereocenters. The molecule has 4 heteroatoms. The first-order valence-electron chi connectivity index (χ1n) is 6.96. The summed E-state index contributed by atoms with van der Waals surface area (Å²) in [5.41, 5.74) is 2.07. The van der Waals surface area contributed by atoms with E-state index in [1.807, 2.05) is 36.4 Å². The van der Waals surface area contributed by atoms with Gasteiger partial charge in [-0.3, -0.25) is 0 Å². The molecule has 2 rings (SSSR count). The van der Waals surface area contributed by atoms with Crippen molar-refractivity contribution < 1.29 is 4.74 Å². The van der Waals surface area contributed by atoms with Crippen LogP contribution in [0.3, 0.4) is 0 Å². The van der Waals surface area contributed by atoms with Crippen molar-refractivity contribution in [2.24, 2.45) is 0 Å². The number of para-hydroxylation sites is 1. The molecule has 0 heterocycles. The van der Waals surface area contributed by atoms with Crippen LogP contribution in [-0.2, 0) is 6.42 Å². The Kier molecular flexibility index (Phi) is 5.92. The van der Waals surface area contributed by atoms with Gasteiger partial charge in [0.1, 0.15) is 5.75 Å². The van der Waals surface area contributed by atoms with E-state index in [9.17, 15) is 0 Å². The Labute approximate surface area is 136 Å². The maximum absolute atomic E-state index is 6.34. The summed E-state index contributed by atoms with van der Waals surface area (Å²) in [5.74, 6) is 0.878. The molecule has 0 aliphatic carbocycles. The summed E-state index contributed by atoms with van der Waals surface area (Å²) >= 11 is 12.7. The molecule has 0 amide bonds. The highest BCUT2D eigenvalue weighted by molar-refractivity contribution is 6.36. The number of hydrogen-bond acceptors (Lipinski definition) is 2. The van der Waals surface area contributed by atoms with Crippen LogP contribution in [-0.4, -0.2) is 13.7 Å². The maximum atomic E-state index is 6.34. The van der Waals surface area contributed by atoms with E-state index >= 15 is 0 Å². The Morgan fingerprint density at radius 2 is 1.71 bits per heavy atom. The van der Waals surface area contributed by atoms with Crippen LogP contribution in [0.15, 0.2) is 42.5 Å². The Bertz CT molecular complexity index is 581. The van der Waals surface area contributed by atoms with Crippen LogP contribution < -0.4 is 10.1 Å². The maximum Gasteiger partial charge on any atom is 0.122 e. The molecule has 112 valence electrons. The van der Waals surface area contributed by atoms with E-state index in [4.69, 9.17) is 27.9 Å². The third-order valence-electron chi connectivity index (χ3n) is 3.42. The molecule has 0 spiro atoms. The fourth-order valence-electron chi connectivity index (χ4n) is 2.46. The van der Waals surface area contributed by atoms with E-state index in [1.54, 1.807) is 7.11 Å². The summed E-state index contributed by atoms with van der Waals surface area (Å²) < 4.78 is 5.43. The Balaban J connectivity index is 2.36. The Hall–Kier alpha value is -1.22. The molecular formula is C17H19Cl2NO. The lowest BCUT2D eigenvalue weighted by molar-refractivity contribution is 0.405. The van der Waals surface area contributed by atoms with Crippen molar-refractivity contribution in [3.63, 3.8) is 0 Å². The summed E-state index contributed by atoms with van der Waals surface area (Å²) in [6, 6.07) is 13.7. The predicted molar refractivity (Wildman–Crippen MR) is 89.6 cm³/mol. The molecule has 0 aliphatic heterocycles. The summed E-state index contributed by atoms with van der Waals surface area (Å²) in [6.45, 7) is 2.90. The molecule has 0 radical (unpaired) electrons. The lowest BCUT2D eigenvalue weighted by Gasteiger charge is -2.22. The molecule has 0 saturated heterocycles. The van der Waals surface area contributed by atoms with Gasteiger partial charge in [-0.25, -0.2) is 0 Å². The van der Waals surface area contributed by atoms with Gasteiger partial charge >= 0.3 is 0 Å². The fourth-order valence-corrected chi connectivity index (χ4v) is 3.12. The van der Waals surface area contributed by atoms with Crippen LogP contribution in [0.25, 0.3) is 0 Å². The molecular weight excluding hydrogens is 305 g/mol. The van der Waals surface area contributed by atoms with Gasteiger partial charge in [-0.1, -0.05) is 54.4 Å². The number of likely N-dealkylation sites (N-methyl/N-ethyl adjacent to an activating group) is 1. The van der Waals surface area contributed by atoms with Gasteiger partial charge in [0.15, 0.2) is 0 Å². The third kappa shape index (κ3) is 3.91. The second kappa shape index (κ2) is 7.69. The van der Waals surface area contributed by atoms with Crippen molar-refractivity contribution in [1.29, 1.82) is 0 Å². The Morgan fingerprint density at radius 1 is 1.05 bits per heavy atom. The normalized spacial score (nSPS) is 12.2. The minimum Gasteiger partial charge on any atom is -0.496 e. The highest BCUT2D eigenvalue weighted by atomic mass is 35.5. The van der Waals surface area contributed by atoms with Gasteiger partial charge < -0.3 is 10.1 Å². The van der Waals surface area contributed by atoms with Gasteiger partial charge in [0, 0.05) is 21.7 Å². The van der Waals surface area contributed by atoms with Crippen LogP contribution in [0.5, 0.6) is 5.75 Å². The summed E-state index contributed by atoms with van der Waals surface area (Å²) in [5, 5.41) is 4.82. The number of ether oxygens (including phenoxy) is 1. The monoisotopic (exact) mass is 323 g/mol. The molecule has 2 aromatic rings. The molecule has 21 heavy (non-hydrogen) atoms. The molecule has 0 bridgehead atoms. The number of methoxy groups -OCH3 is 1. The summed E-state index contributed by atoms with van der Waals surface area (Å²) in [4.78, 5) is 0. The lowest BCUT2D eigenvalue weighted by atomic mass is 9.98. The van der Waals surface area contributed by atoms with Gasteiger partial charge in [0.25, 0.3) is 0 Å². The first-order valence-corrected chi connectivity index (χ1v) is 7.72. The molecule has 2 aromatic carbocycles. The highest BCUT2D eigenvalue weighted by Crippen LogP contribution is 2.33. The van der Waals surface area contributed by atoms with Crippen LogP contribution in [0, 0.1) is 0 Å². The Morgan fingerprint density at radius 3 is 2.33 bits per heavy atom. The quantitative estimate of drug-likeness (QED) is 0.816. The highest BCUT2D eigenvalue weighted by Gasteiger charge is 2.19. The number of halogens is 2. The van der Waals surface area contributed by atoms with E-state index in [2.05, 4.69) is 18.3 Å². The van der Waals surface area contributed by atoms with Crippen molar-refractivity contribution in [3.05, 3.63) is 63.6 Å². The van der Waals surface area contributed by atoms with Crippen LogP contribution in [0.4, 0.5) is 0 Å². The summed E-state index contributed by atoms with van der Waals surface area (Å²) in [6.07, 6.45) is 0.765. The molecule has 0 saturated carbocycles. The van der Waals surface area contributed by atoms with Crippen molar-refractivity contribution in [2.45, 2.75) is 19.4 Å². The molecule has 0 aliphatic rings. The zero-order chi connectivity index (χ0) is 15.2. The van der Waals surface area contributed by atoms with E-state index in [0.29, 0.717) is 10.0 Å². The van der Waals surface area contributed by atoms with Gasteiger partial charge in [0.05, 0.1) is 7.11 Å². The average molecular weight is 324 g/mol. The molecule has 1 N–H and O–H groups in total. The minimum absolute atomic E-state index is 0.0486. The predicted octanol–water partition coefficient (Wildman–Crippen LogP) is 4.90. The third-order valence-corrected chi connectivity index (χ3v) is 4.07. The van der Waals surface area contributed by atoms with Crippen molar-refractivity contribution in [1.82, 2.24) is 5.32 Å². The second-order valence-corrected chi connectivity index (χ2v) is 5.58. The molecule has 1 unspecified atom stereocenters. The first kappa shape index (κ1) is 16.2. The average Bonchev–Trinajstić information content (AvgIpc) is 2.48. The topological polar surface area (TPSA) is 21.3 Å². The van der Waals surface area contributed by atoms with Gasteiger partial charge in [-0.15, -0.1) is 0 Å². The zero-order valence-electron chi connectivity index (χ0n) is 12.2. The number of rotatable bonds is 6. The number of nitrogens with one attached hydrogen (secondary N) is 1. The first-order chi connectivity index (χ1) is 10.2. The van der Waals surface area contributed by atoms with Crippen molar-refractivity contribution >= 4 is 23.2 Å². The number of benzene rings is 2. The van der Waals surface area contributed by atoms with Crippen molar-refractivity contribution in [3.8, 4) is 5.75 Å². The molecule has 2 nitrogen and oxygen atoms in total. The van der Waals surface area contributed by atoms with Crippen LogP contribution in [0.1, 0.15) is 24.1 Å². The summed E-state index contributed by atoms with van der Waals surface area (Å²) in [7, 11) is 1.68. The second-order valence-electron chi connectivity index (χ2n) is 4.76. The fraction of sp³-hybridized carbons (Fsp3) is 0.294. The van der Waals surface area contributed by atoms with Gasteiger partial charge in [-0.2, -0.15) is 0 Å². The standard InChI is InChI=1S/C17H19Cl2NO/c1-3-20-15(17-13(18)8-6-9-14(17)19)11-12-7-4-5-10-16(12)21-2/h4-10,15,20H,3,11H2,1-2H3. The van der Waals surface area contributed by atoms with E-state index in [0.717, 1.165) is 29.8 Å². The minimum atomic E-state index is 0.0486. The number of hydrogen-bond donors (Lipinski definition) is 1. The molecule has 0 aromatic heterocycles. The van der Waals surface area contributed by atoms with E-state index in [-0.39, 0.29) is 6.04 Å².